The quantitative estimate of drug-likeness (QED) is 0.888. The molecule has 0 aliphatic heterocycles. The number of carboxylic acid groups (broad SMARTS) is 1. The van der Waals surface area contributed by atoms with E-state index in [1.165, 1.54) is 5.56 Å². The molecule has 1 heterocycles. The van der Waals surface area contributed by atoms with Crippen LogP contribution in [0.3, 0.4) is 0 Å². The van der Waals surface area contributed by atoms with E-state index in [4.69, 9.17) is 0 Å². The van der Waals surface area contributed by atoms with Gasteiger partial charge in [-0.2, -0.15) is 0 Å². The Kier molecular flexibility index (Phi) is 3.41. The van der Waals surface area contributed by atoms with Crippen molar-refractivity contribution in [3.8, 4) is 0 Å². The van der Waals surface area contributed by atoms with Crippen LogP contribution in [0.15, 0.2) is 24.4 Å². The number of benzene rings is 1. The zero-order valence-electron chi connectivity index (χ0n) is 11.1. The first-order chi connectivity index (χ1) is 8.56. The van der Waals surface area contributed by atoms with Crippen LogP contribution in [0.1, 0.15) is 49.2 Å². The SMILES string of the molecule is CCCc1cn(C(C)C)c2c(C(=O)O)cccc12. The minimum atomic E-state index is -0.858. The van der Waals surface area contributed by atoms with Gasteiger partial charge in [-0.15, -0.1) is 0 Å². The number of hydrogen-bond donors (Lipinski definition) is 1. The fraction of sp³-hybridized carbons (Fsp3) is 0.400. The molecule has 0 saturated heterocycles. The van der Waals surface area contributed by atoms with Gasteiger partial charge in [0.15, 0.2) is 0 Å². The highest BCUT2D eigenvalue weighted by molar-refractivity contribution is 6.03. The molecule has 0 spiro atoms. The van der Waals surface area contributed by atoms with Gasteiger partial charge >= 0.3 is 5.97 Å². The molecule has 2 aromatic rings. The van der Waals surface area contributed by atoms with Crippen LogP contribution in [-0.4, -0.2) is 15.6 Å². The molecular weight excluding hydrogens is 226 g/mol. The van der Waals surface area contributed by atoms with Gasteiger partial charge in [0, 0.05) is 17.6 Å². The van der Waals surface area contributed by atoms with Crippen molar-refractivity contribution in [3.05, 3.63) is 35.5 Å². The highest BCUT2D eigenvalue weighted by atomic mass is 16.4. The molecule has 0 saturated carbocycles. The number of hydrogen-bond acceptors (Lipinski definition) is 1. The average molecular weight is 245 g/mol. The van der Waals surface area contributed by atoms with Crippen LogP contribution in [0.25, 0.3) is 10.9 Å². The summed E-state index contributed by atoms with van der Waals surface area (Å²) in [6.45, 7) is 6.29. The van der Waals surface area contributed by atoms with Gasteiger partial charge in [-0.25, -0.2) is 4.79 Å². The summed E-state index contributed by atoms with van der Waals surface area (Å²) in [4.78, 5) is 11.3. The summed E-state index contributed by atoms with van der Waals surface area (Å²) in [6.07, 6.45) is 4.15. The molecule has 1 N–H and O–H groups in total. The van der Waals surface area contributed by atoms with Crippen LogP contribution in [0.5, 0.6) is 0 Å². The summed E-state index contributed by atoms with van der Waals surface area (Å²) in [7, 11) is 0. The monoisotopic (exact) mass is 245 g/mol. The molecule has 96 valence electrons. The van der Waals surface area contributed by atoms with E-state index in [2.05, 4.69) is 31.5 Å². The Morgan fingerprint density at radius 2 is 2.11 bits per heavy atom. The molecule has 3 nitrogen and oxygen atoms in total. The Labute approximate surface area is 107 Å². The third kappa shape index (κ3) is 2.01. The Morgan fingerprint density at radius 1 is 1.39 bits per heavy atom. The van der Waals surface area contributed by atoms with Crippen molar-refractivity contribution >= 4 is 16.9 Å². The van der Waals surface area contributed by atoms with Gasteiger partial charge in [0.2, 0.25) is 0 Å². The van der Waals surface area contributed by atoms with E-state index in [9.17, 15) is 9.90 Å². The first kappa shape index (κ1) is 12.7. The lowest BCUT2D eigenvalue weighted by molar-refractivity contribution is 0.0698. The van der Waals surface area contributed by atoms with Crippen molar-refractivity contribution in [2.24, 2.45) is 0 Å². The summed E-state index contributed by atoms with van der Waals surface area (Å²) in [5.41, 5.74) is 2.48. The summed E-state index contributed by atoms with van der Waals surface area (Å²) >= 11 is 0. The fourth-order valence-corrected chi connectivity index (χ4v) is 2.43. The summed E-state index contributed by atoms with van der Waals surface area (Å²) in [6, 6.07) is 5.79. The average Bonchev–Trinajstić information content (AvgIpc) is 2.69. The lowest BCUT2D eigenvalue weighted by Gasteiger charge is -2.10. The van der Waals surface area contributed by atoms with Crippen LogP contribution in [0.2, 0.25) is 0 Å². The minimum Gasteiger partial charge on any atom is -0.478 e. The van der Waals surface area contributed by atoms with Crippen molar-refractivity contribution in [2.75, 3.05) is 0 Å². The number of carbonyl (C=O) groups is 1. The molecule has 3 heteroatoms. The van der Waals surface area contributed by atoms with Crippen molar-refractivity contribution in [2.45, 2.75) is 39.7 Å². The van der Waals surface area contributed by atoms with Crippen molar-refractivity contribution < 1.29 is 9.90 Å². The maximum Gasteiger partial charge on any atom is 0.337 e. The van der Waals surface area contributed by atoms with Gasteiger partial charge in [0.25, 0.3) is 0 Å². The van der Waals surface area contributed by atoms with Gasteiger partial charge in [0.1, 0.15) is 0 Å². The highest BCUT2D eigenvalue weighted by Crippen LogP contribution is 2.28. The summed E-state index contributed by atoms with van der Waals surface area (Å²) in [5.74, 6) is -0.858. The van der Waals surface area contributed by atoms with Crippen LogP contribution in [0.4, 0.5) is 0 Å². The summed E-state index contributed by atoms with van der Waals surface area (Å²) < 4.78 is 2.07. The first-order valence-corrected chi connectivity index (χ1v) is 6.42. The number of rotatable bonds is 4. The molecule has 0 bridgehead atoms. The standard InChI is InChI=1S/C15H19NO2/c1-4-6-11-9-16(10(2)3)14-12(11)7-5-8-13(14)15(17)18/h5,7-10H,4,6H2,1-3H3,(H,17,18). The van der Waals surface area contributed by atoms with Crippen molar-refractivity contribution in [3.63, 3.8) is 0 Å². The maximum absolute atomic E-state index is 11.3. The van der Waals surface area contributed by atoms with Crippen LogP contribution in [-0.2, 0) is 6.42 Å². The van der Waals surface area contributed by atoms with E-state index in [-0.39, 0.29) is 6.04 Å². The second-order valence-corrected chi connectivity index (χ2v) is 4.91. The third-order valence-electron chi connectivity index (χ3n) is 3.24. The Morgan fingerprint density at radius 3 is 2.67 bits per heavy atom. The Balaban J connectivity index is 2.78. The number of aromatic nitrogens is 1. The van der Waals surface area contributed by atoms with Gasteiger partial charge in [0.05, 0.1) is 11.1 Å². The highest BCUT2D eigenvalue weighted by Gasteiger charge is 2.16. The van der Waals surface area contributed by atoms with Crippen LogP contribution < -0.4 is 0 Å². The predicted molar refractivity (Wildman–Crippen MR) is 73.3 cm³/mol. The minimum absolute atomic E-state index is 0.263. The normalized spacial score (nSPS) is 11.3. The van der Waals surface area contributed by atoms with E-state index >= 15 is 0 Å². The van der Waals surface area contributed by atoms with Crippen molar-refractivity contribution in [1.82, 2.24) is 4.57 Å². The molecule has 0 unspecified atom stereocenters. The lowest BCUT2D eigenvalue weighted by Crippen LogP contribution is -2.04. The van der Waals surface area contributed by atoms with Gasteiger partial charge in [-0.3, -0.25) is 0 Å². The van der Waals surface area contributed by atoms with E-state index in [1.54, 1.807) is 6.07 Å². The molecule has 18 heavy (non-hydrogen) atoms. The number of para-hydroxylation sites is 1. The second kappa shape index (κ2) is 4.84. The molecule has 0 radical (unpaired) electrons. The zero-order chi connectivity index (χ0) is 13.3. The number of aryl methyl sites for hydroxylation is 1. The third-order valence-corrected chi connectivity index (χ3v) is 3.24. The van der Waals surface area contributed by atoms with Gasteiger partial charge < -0.3 is 9.67 Å². The molecule has 2 rings (SSSR count). The first-order valence-electron chi connectivity index (χ1n) is 6.42. The van der Waals surface area contributed by atoms with Gasteiger partial charge in [-0.05, 0) is 31.9 Å². The predicted octanol–water partition coefficient (Wildman–Crippen LogP) is 3.87. The molecule has 1 aromatic carbocycles. The topological polar surface area (TPSA) is 42.2 Å². The second-order valence-electron chi connectivity index (χ2n) is 4.91. The van der Waals surface area contributed by atoms with Crippen LogP contribution in [0, 0.1) is 0 Å². The maximum atomic E-state index is 11.3. The Hall–Kier alpha value is -1.77. The number of fused-ring (bicyclic) bond motifs is 1. The summed E-state index contributed by atoms with van der Waals surface area (Å²) in [5, 5.41) is 10.4. The Bertz CT molecular complexity index is 581. The fourth-order valence-electron chi connectivity index (χ4n) is 2.43. The van der Waals surface area contributed by atoms with E-state index in [0.29, 0.717) is 5.56 Å². The van der Waals surface area contributed by atoms with E-state index in [0.717, 1.165) is 23.7 Å². The smallest absolute Gasteiger partial charge is 0.337 e. The number of aromatic carboxylic acids is 1. The lowest BCUT2D eigenvalue weighted by atomic mass is 10.1. The van der Waals surface area contributed by atoms with Crippen molar-refractivity contribution in [1.29, 1.82) is 0 Å². The van der Waals surface area contributed by atoms with E-state index in [1.807, 2.05) is 12.1 Å². The molecular formula is C15H19NO2. The molecule has 0 fully saturated rings. The number of carboxylic acids is 1. The molecule has 0 atom stereocenters. The molecule has 0 aliphatic carbocycles. The van der Waals surface area contributed by atoms with Gasteiger partial charge in [-0.1, -0.05) is 25.5 Å². The largest absolute Gasteiger partial charge is 0.478 e. The zero-order valence-corrected chi connectivity index (χ0v) is 11.1. The molecule has 1 aromatic heterocycles. The van der Waals surface area contributed by atoms with Crippen LogP contribution >= 0.6 is 0 Å². The molecule has 0 aliphatic rings. The van der Waals surface area contributed by atoms with E-state index < -0.39 is 5.97 Å². The molecule has 0 amide bonds. The number of nitrogens with zero attached hydrogens (tertiary/aromatic N) is 1.